The topological polar surface area (TPSA) is 68.0 Å². The summed E-state index contributed by atoms with van der Waals surface area (Å²) in [7, 11) is 0. The van der Waals surface area contributed by atoms with Gasteiger partial charge in [-0.25, -0.2) is 22.6 Å². The van der Waals surface area contributed by atoms with Gasteiger partial charge >= 0.3 is 5.97 Å². The Morgan fingerprint density at radius 3 is 2.75 bits per heavy atom. The molecule has 0 unspecified atom stereocenters. The van der Waals surface area contributed by atoms with Gasteiger partial charge in [-0.2, -0.15) is 0 Å². The van der Waals surface area contributed by atoms with E-state index in [-0.39, 0.29) is 6.54 Å². The molecule has 1 heterocycles. The van der Waals surface area contributed by atoms with Gasteiger partial charge in [-0.1, -0.05) is 21.1 Å². The molecule has 5 nitrogen and oxygen atoms in total. The van der Waals surface area contributed by atoms with Crippen LogP contribution < -0.4 is 0 Å². The maximum atomic E-state index is 13.1. The molecule has 0 saturated heterocycles. The number of hydrogen-bond acceptors (Lipinski definition) is 3. The first-order chi connectivity index (χ1) is 9.40. The first kappa shape index (κ1) is 14.5. The van der Waals surface area contributed by atoms with Crippen molar-refractivity contribution in [1.29, 1.82) is 0 Å². The van der Waals surface area contributed by atoms with E-state index in [0.29, 0.717) is 10.0 Å². The van der Waals surface area contributed by atoms with Gasteiger partial charge in [0.15, 0.2) is 5.69 Å². The summed E-state index contributed by atoms with van der Waals surface area (Å²) >= 11 is 3.15. The third-order valence-electron chi connectivity index (χ3n) is 2.51. The second-order valence-corrected chi connectivity index (χ2v) is 4.68. The SMILES string of the molecule is O=C(O)c1nnn(Cc2cc(F)ccc2Br)c1C(F)F. The van der Waals surface area contributed by atoms with E-state index >= 15 is 0 Å². The Hall–Kier alpha value is -1.90. The van der Waals surface area contributed by atoms with Gasteiger partial charge in [0.25, 0.3) is 6.43 Å². The number of carboxylic acids is 1. The lowest BCUT2D eigenvalue weighted by atomic mass is 10.2. The van der Waals surface area contributed by atoms with Gasteiger partial charge in [-0.05, 0) is 23.8 Å². The molecule has 0 atom stereocenters. The highest BCUT2D eigenvalue weighted by Crippen LogP contribution is 2.24. The van der Waals surface area contributed by atoms with E-state index in [1.807, 2.05) is 0 Å². The molecule has 2 aromatic rings. The minimum Gasteiger partial charge on any atom is -0.476 e. The van der Waals surface area contributed by atoms with Gasteiger partial charge in [-0.15, -0.1) is 5.10 Å². The lowest BCUT2D eigenvalue weighted by Gasteiger charge is -2.08. The van der Waals surface area contributed by atoms with Crippen molar-refractivity contribution in [2.75, 3.05) is 0 Å². The first-order valence-electron chi connectivity index (χ1n) is 5.29. The first-order valence-corrected chi connectivity index (χ1v) is 6.08. The highest BCUT2D eigenvalue weighted by Gasteiger charge is 2.26. The number of nitrogens with zero attached hydrogens (tertiary/aromatic N) is 3. The average Bonchev–Trinajstić information content (AvgIpc) is 2.78. The number of hydrogen-bond donors (Lipinski definition) is 1. The molecule has 1 aromatic heterocycles. The van der Waals surface area contributed by atoms with Crippen LogP contribution in [0.2, 0.25) is 0 Å². The molecule has 1 aromatic carbocycles. The number of carbonyl (C=O) groups is 1. The van der Waals surface area contributed by atoms with E-state index in [1.54, 1.807) is 0 Å². The van der Waals surface area contributed by atoms with Gasteiger partial charge in [0.05, 0.1) is 6.54 Å². The lowest BCUT2D eigenvalue weighted by Crippen LogP contribution is -2.10. The fourth-order valence-corrected chi connectivity index (χ4v) is 2.00. The Kier molecular flexibility index (Phi) is 4.07. The Balaban J connectivity index is 2.43. The highest BCUT2D eigenvalue weighted by molar-refractivity contribution is 9.10. The van der Waals surface area contributed by atoms with Gasteiger partial charge in [0.2, 0.25) is 0 Å². The fraction of sp³-hybridized carbons (Fsp3) is 0.182. The van der Waals surface area contributed by atoms with Gasteiger partial charge in [-0.3, -0.25) is 0 Å². The van der Waals surface area contributed by atoms with E-state index in [0.717, 1.165) is 10.7 Å². The summed E-state index contributed by atoms with van der Waals surface area (Å²) in [4.78, 5) is 10.8. The Bertz CT molecular complexity index is 660. The number of benzene rings is 1. The molecule has 20 heavy (non-hydrogen) atoms. The molecule has 0 aliphatic carbocycles. The molecule has 0 amide bonds. The summed E-state index contributed by atoms with van der Waals surface area (Å²) in [5, 5.41) is 15.4. The number of rotatable bonds is 4. The van der Waals surface area contributed by atoms with Crippen molar-refractivity contribution < 1.29 is 23.1 Å². The number of aromatic carboxylic acids is 1. The third-order valence-corrected chi connectivity index (χ3v) is 3.28. The van der Waals surface area contributed by atoms with Gasteiger partial charge in [0, 0.05) is 4.47 Å². The van der Waals surface area contributed by atoms with Crippen LogP contribution in [0.5, 0.6) is 0 Å². The van der Waals surface area contributed by atoms with E-state index in [9.17, 15) is 18.0 Å². The fourth-order valence-electron chi connectivity index (χ4n) is 1.63. The Labute approximate surface area is 119 Å². The van der Waals surface area contributed by atoms with Gasteiger partial charge < -0.3 is 5.11 Å². The van der Waals surface area contributed by atoms with Crippen molar-refractivity contribution in [1.82, 2.24) is 15.0 Å². The predicted molar refractivity (Wildman–Crippen MR) is 65.1 cm³/mol. The molecule has 0 aliphatic heterocycles. The number of aromatic nitrogens is 3. The van der Waals surface area contributed by atoms with E-state index in [2.05, 4.69) is 26.2 Å². The second-order valence-electron chi connectivity index (χ2n) is 3.82. The van der Waals surface area contributed by atoms with E-state index < -0.39 is 29.6 Å². The molecule has 0 saturated carbocycles. The molecule has 0 fully saturated rings. The predicted octanol–water partition coefficient (Wildman–Crippen LogP) is 2.86. The molecule has 1 N–H and O–H groups in total. The largest absolute Gasteiger partial charge is 0.476 e. The third kappa shape index (κ3) is 2.82. The van der Waals surface area contributed by atoms with Crippen molar-refractivity contribution in [2.24, 2.45) is 0 Å². The highest BCUT2D eigenvalue weighted by atomic mass is 79.9. The van der Waals surface area contributed by atoms with Crippen LogP contribution in [0.1, 0.15) is 28.2 Å². The molecule has 0 bridgehead atoms. The van der Waals surface area contributed by atoms with Crippen LogP contribution in [0, 0.1) is 5.82 Å². The van der Waals surface area contributed by atoms with Crippen LogP contribution in [0.25, 0.3) is 0 Å². The smallest absolute Gasteiger partial charge is 0.358 e. The van der Waals surface area contributed by atoms with E-state index in [1.165, 1.54) is 12.1 Å². The summed E-state index contributed by atoms with van der Waals surface area (Å²) < 4.78 is 40.2. The molecular weight excluding hydrogens is 343 g/mol. The number of carboxylic acid groups (broad SMARTS) is 1. The minimum absolute atomic E-state index is 0.224. The minimum atomic E-state index is -3.05. The van der Waals surface area contributed by atoms with E-state index in [4.69, 9.17) is 5.11 Å². The number of alkyl halides is 2. The zero-order valence-electron chi connectivity index (χ0n) is 9.73. The maximum Gasteiger partial charge on any atom is 0.358 e. The standard InChI is InChI=1S/C11H7BrF3N3O2/c12-7-2-1-6(13)3-5(7)4-18-9(10(14)15)8(11(19)20)16-17-18/h1-3,10H,4H2,(H,19,20). The molecule has 0 radical (unpaired) electrons. The van der Waals surface area contributed by atoms with Crippen LogP contribution in [-0.4, -0.2) is 26.1 Å². The monoisotopic (exact) mass is 349 g/mol. The molecule has 2 rings (SSSR count). The van der Waals surface area contributed by atoms with Crippen molar-refractivity contribution >= 4 is 21.9 Å². The molecule has 0 spiro atoms. The van der Waals surface area contributed by atoms with Crippen molar-refractivity contribution in [2.45, 2.75) is 13.0 Å². The van der Waals surface area contributed by atoms with Gasteiger partial charge in [0.1, 0.15) is 11.5 Å². The van der Waals surface area contributed by atoms with Crippen LogP contribution in [0.4, 0.5) is 13.2 Å². The second kappa shape index (κ2) is 5.61. The van der Waals surface area contributed by atoms with Crippen LogP contribution in [0.15, 0.2) is 22.7 Å². The zero-order chi connectivity index (χ0) is 14.9. The summed E-state index contributed by atoms with van der Waals surface area (Å²) in [6.07, 6.45) is -3.05. The quantitative estimate of drug-likeness (QED) is 0.921. The number of halogens is 4. The van der Waals surface area contributed by atoms with Crippen molar-refractivity contribution in [3.63, 3.8) is 0 Å². The summed E-state index contributed by atoms with van der Waals surface area (Å²) in [6, 6.07) is 3.76. The summed E-state index contributed by atoms with van der Waals surface area (Å²) in [6.45, 7) is -0.224. The molecule has 9 heteroatoms. The Morgan fingerprint density at radius 2 is 2.15 bits per heavy atom. The Morgan fingerprint density at radius 1 is 1.45 bits per heavy atom. The zero-order valence-corrected chi connectivity index (χ0v) is 11.3. The van der Waals surface area contributed by atoms with Crippen LogP contribution in [0.3, 0.4) is 0 Å². The lowest BCUT2D eigenvalue weighted by molar-refractivity contribution is 0.0675. The molecule has 106 valence electrons. The van der Waals surface area contributed by atoms with Crippen molar-refractivity contribution in [3.8, 4) is 0 Å². The van der Waals surface area contributed by atoms with Crippen molar-refractivity contribution in [3.05, 3.63) is 45.4 Å². The normalized spacial score (nSPS) is 11.1. The van der Waals surface area contributed by atoms with Crippen LogP contribution >= 0.6 is 15.9 Å². The molecule has 0 aliphatic rings. The summed E-state index contributed by atoms with van der Waals surface area (Å²) in [5.74, 6) is -2.13. The average molecular weight is 350 g/mol. The molecular formula is C11H7BrF3N3O2. The maximum absolute atomic E-state index is 13.1. The van der Waals surface area contributed by atoms with Crippen LogP contribution in [-0.2, 0) is 6.54 Å². The summed E-state index contributed by atoms with van der Waals surface area (Å²) in [5.41, 5.74) is -1.28.